The van der Waals surface area contributed by atoms with E-state index in [-0.39, 0.29) is 0 Å². The van der Waals surface area contributed by atoms with Crippen LogP contribution in [0.15, 0.2) is 0 Å². The summed E-state index contributed by atoms with van der Waals surface area (Å²) in [5, 5.41) is 167. The van der Waals surface area contributed by atoms with Gasteiger partial charge in [0, 0.05) is 33.6 Å². The highest BCUT2D eigenvalue weighted by molar-refractivity contribution is 5.77. The highest BCUT2D eigenvalue weighted by Crippen LogP contribution is 2.39. The molecule has 30 heteroatoms. The predicted molar refractivity (Wildman–Crippen MR) is 203 cm³/mol. The summed E-state index contributed by atoms with van der Waals surface area (Å²) in [6.07, 6.45) is -37.8. The van der Waals surface area contributed by atoms with Crippen molar-refractivity contribution >= 4 is 29.7 Å². The van der Waals surface area contributed by atoms with Crippen LogP contribution in [0.4, 0.5) is 0 Å². The van der Waals surface area contributed by atoms with Crippen LogP contribution >= 0.6 is 0 Å². The first-order chi connectivity index (χ1) is 30.8. The number of aliphatic hydroxyl groups excluding tert-OH is 13. The van der Waals surface area contributed by atoms with Gasteiger partial charge in [0.1, 0.15) is 85.4 Å². The quantitative estimate of drug-likeness (QED) is 0.0571. The fourth-order valence-corrected chi connectivity index (χ4v) is 8.06. The molecule has 0 bridgehead atoms. The average molecular weight is 966 g/mol. The Bertz CT molecular complexity index is 1680. The molecule has 3 amide bonds. The molecule has 0 aromatic rings. The van der Waals surface area contributed by atoms with Crippen molar-refractivity contribution in [3.63, 3.8) is 0 Å². The maximum Gasteiger partial charge on any atom is 0.364 e. The van der Waals surface area contributed by atoms with Crippen LogP contribution < -0.4 is 16.0 Å². The molecule has 22 atom stereocenters. The molecule has 4 aliphatic rings. The number of nitrogens with one attached hydrogen (secondary N) is 3. The van der Waals surface area contributed by atoms with Crippen LogP contribution in [0.2, 0.25) is 0 Å². The van der Waals surface area contributed by atoms with E-state index in [9.17, 15) is 101 Å². The molecular weight excluding hydrogens is 906 g/mol. The van der Waals surface area contributed by atoms with Gasteiger partial charge in [0.25, 0.3) is 11.6 Å². The standard InChI is InChI=1S/C36H59N3O27/c1-10(43)37-19-13(46)4-35(33(56)57,64-28(19)22(50)15(48)6-40)60-9-16(49)23(51)29-20(38-11(2)44)14(47)5-36(65-29,34(58)59)66-30-24(52)17(7-41)62-32(26(30)54)63-27-18(8-42)61-31(55)21(25(27)53)39-12(3)45/h13-32,40-42,46-55H,4-9H2,1-3H3,(H,37,43)(H,38,44)(H,39,45)(H,56,57)(H,58,59)/t13-,14-,15+,16+,17+,18+,19+,20+,21+,22+,23+,24-,25+,26+,27+,28+,29+,30-,31+,32-,35-,36+/m0/s1. The Morgan fingerprint density at radius 1 is 0.621 bits per heavy atom. The van der Waals surface area contributed by atoms with Crippen molar-refractivity contribution in [2.45, 2.75) is 167 Å². The van der Waals surface area contributed by atoms with Gasteiger partial charge in [0.05, 0.1) is 50.7 Å². The molecule has 0 saturated carbocycles. The topological polar surface area (TPSA) is 490 Å². The Kier molecular flexibility index (Phi) is 19.0. The van der Waals surface area contributed by atoms with Crippen LogP contribution in [-0.4, -0.2) is 267 Å². The summed E-state index contributed by atoms with van der Waals surface area (Å²) in [5.41, 5.74) is 0. The van der Waals surface area contributed by atoms with Gasteiger partial charge in [0.15, 0.2) is 12.6 Å². The molecule has 0 aromatic carbocycles. The molecule has 380 valence electrons. The van der Waals surface area contributed by atoms with E-state index in [0.717, 1.165) is 20.8 Å². The first kappa shape index (κ1) is 55.1. The Hall–Kier alpha value is -3.45. The fourth-order valence-electron chi connectivity index (χ4n) is 8.06. The van der Waals surface area contributed by atoms with E-state index in [0.29, 0.717) is 0 Å². The van der Waals surface area contributed by atoms with Crippen LogP contribution in [-0.2, 0) is 57.1 Å². The number of carboxylic acid groups (broad SMARTS) is 2. The number of hydrogen-bond donors (Lipinski definition) is 18. The molecule has 66 heavy (non-hydrogen) atoms. The summed E-state index contributed by atoms with van der Waals surface area (Å²) >= 11 is 0. The lowest BCUT2D eigenvalue weighted by atomic mass is 9.87. The number of carbonyl (C=O) groups excluding carboxylic acids is 3. The van der Waals surface area contributed by atoms with E-state index in [1.807, 2.05) is 0 Å². The van der Waals surface area contributed by atoms with Gasteiger partial charge in [-0.2, -0.15) is 0 Å². The van der Waals surface area contributed by atoms with Crippen molar-refractivity contribution < 1.29 is 134 Å². The minimum Gasteiger partial charge on any atom is -0.477 e. The van der Waals surface area contributed by atoms with Crippen molar-refractivity contribution in [3.05, 3.63) is 0 Å². The van der Waals surface area contributed by atoms with Crippen molar-refractivity contribution in [1.82, 2.24) is 16.0 Å². The second-order valence-electron chi connectivity index (χ2n) is 16.2. The summed E-state index contributed by atoms with van der Waals surface area (Å²) in [7, 11) is 0. The molecular formula is C36H59N3O27. The lowest BCUT2D eigenvalue weighted by Gasteiger charge is -2.51. The van der Waals surface area contributed by atoms with E-state index >= 15 is 0 Å². The highest BCUT2D eigenvalue weighted by atomic mass is 16.8. The Labute approximate surface area is 373 Å². The third-order valence-corrected chi connectivity index (χ3v) is 11.4. The molecule has 0 aromatic heterocycles. The molecule has 0 unspecified atom stereocenters. The number of carbonyl (C=O) groups is 5. The summed E-state index contributed by atoms with van der Waals surface area (Å²) < 4.78 is 38.6. The maximum atomic E-state index is 13.1. The third-order valence-electron chi connectivity index (χ3n) is 11.4. The Balaban J connectivity index is 1.64. The molecule has 4 fully saturated rings. The number of ether oxygens (including phenoxy) is 7. The van der Waals surface area contributed by atoms with Gasteiger partial charge >= 0.3 is 11.9 Å². The van der Waals surface area contributed by atoms with Gasteiger partial charge in [-0.25, -0.2) is 9.59 Å². The average Bonchev–Trinajstić information content (AvgIpc) is 3.24. The molecule has 0 spiro atoms. The van der Waals surface area contributed by atoms with Crippen LogP contribution in [0.1, 0.15) is 33.6 Å². The fraction of sp³-hybridized carbons (Fsp3) is 0.861. The van der Waals surface area contributed by atoms with Crippen LogP contribution in [0.5, 0.6) is 0 Å². The summed E-state index contributed by atoms with van der Waals surface area (Å²) in [4.78, 5) is 61.7. The lowest BCUT2D eigenvalue weighted by Crippen LogP contribution is -2.71. The molecule has 4 aliphatic heterocycles. The number of rotatable bonds is 19. The van der Waals surface area contributed by atoms with E-state index in [2.05, 4.69) is 16.0 Å². The summed E-state index contributed by atoms with van der Waals surface area (Å²) in [5.74, 6) is -13.0. The predicted octanol–water partition coefficient (Wildman–Crippen LogP) is -10.9. The second kappa shape index (κ2) is 22.8. The van der Waals surface area contributed by atoms with E-state index in [4.69, 9.17) is 33.2 Å². The van der Waals surface area contributed by atoms with E-state index in [1.54, 1.807) is 0 Å². The maximum absolute atomic E-state index is 13.1. The minimum absolute atomic E-state index is 0.752. The first-order valence-corrected chi connectivity index (χ1v) is 20.3. The van der Waals surface area contributed by atoms with Crippen LogP contribution in [0, 0.1) is 0 Å². The van der Waals surface area contributed by atoms with Crippen molar-refractivity contribution in [2.24, 2.45) is 0 Å². The summed E-state index contributed by atoms with van der Waals surface area (Å²) in [6, 6.07) is -5.05. The third kappa shape index (κ3) is 12.0. The van der Waals surface area contributed by atoms with Gasteiger partial charge < -0.3 is 126 Å². The van der Waals surface area contributed by atoms with Gasteiger partial charge in [-0.1, -0.05) is 0 Å². The first-order valence-electron chi connectivity index (χ1n) is 20.3. The summed E-state index contributed by atoms with van der Waals surface area (Å²) in [6.45, 7) is -1.55. The molecule has 4 saturated heterocycles. The van der Waals surface area contributed by atoms with Crippen molar-refractivity contribution in [3.8, 4) is 0 Å². The van der Waals surface area contributed by atoms with Crippen LogP contribution in [0.3, 0.4) is 0 Å². The van der Waals surface area contributed by atoms with Gasteiger partial charge in [-0.05, 0) is 0 Å². The normalized spacial score (nSPS) is 41.4. The van der Waals surface area contributed by atoms with Crippen molar-refractivity contribution in [2.75, 3.05) is 26.4 Å². The number of aliphatic hydroxyl groups is 13. The van der Waals surface area contributed by atoms with Gasteiger partial charge in [0.2, 0.25) is 17.7 Å². The number of amides is 3. The molecule has 30 nitrogen and oxygen atoms in total. The molecule has 4 rings (SSSR count). The van der Waals surface area contributed by atoms with Gasteiger partial charge in [-0.3, -0.25) is 14.4 Å². The van der Waals surface area contributed by atoms with Gasteiger partial charge in [-0.15, -0.1) is 0 Å². The minimum atomic E-state index is -3.30. The zero-order valence-corrected chi connectivity index (χ0v) is 35.4. The SMILES string of the molecule is CC(=O)N[C@@H]1[C@@H](O)[C@H](O[C@@H]2O[C@H](CO)[C@H](O)[C@H](O[C@@]3(C(=O)O)C[C@H](O)[C@@H](NC(C)=O)[C@H]([C@H](O)[C@H](O)CO[C@@]4(C(=O)O)C[C@H](O)[C@@H](NC(C)=O)[C@H]([C@H](O)[C@H](O)CO)O4)O3)[C@H]2O)[C@@H](CO)O[C@H]1O. The zero-order valence-electron chi connectivity index (χ0n) is 35.4. The highest BCUT2D eigenvalue weighted by Gasteiger charge is 2.61. The molecule has 4 heterocycles. The number of carboxylic acids is 2. The molecule has 0 aliphatic carbocycles. The Morgan fingerprint density at radius 3 is 1.56 bits per heavy atom. The van der Waals surface area contributed by atoms with E-state index in [1.165, 1.54) is 0 Å². The van der Waals surface area contributed by atoms with Crippen LogP contribution in [0.25, 0.3) is 0 Å². The zero-order chi connectivity index (χ0) is 49.7. The lowest BCUT2D eigenvalue weighted by molar-refractivity contribution is -0.382. The Morgan fingerprint density at radius 2 is 1.09 bits per heavy atom. The number of aliphatic carboxylic acids is 2. The van der Waals surface area contributed by atoms with Crippen molar-refractivity contribution in [1.29, 1.82) is 0 Å². The smallest absolute Gasteiger partial charge is 0.364 e. The second-order valence-corrected chi connectivity index (χ2v) is 16.2. The molecule has 18 N–H and O–H groups in total. The number of hydrogen-bond acceptors (Lipinski definition) is 25. The largest absolute Gasteiger partial charge is 0.477 e. The molecule has 0 radical (unpaired) electrons. The van der Waals surface area contributed by atoms with E-state index < -0.39 is 203 Å². The monoisotopic (exact) mass is 965 g/mol.